The van der Waals surface area contributed by atoms with E-state index in [0.29, 0.717) is 5.76 Å². The number of hydrogen-bond donors (Lipinski definition) is 1. The summed E-state index contributed by atoms with van der Waals surface area (Å²) in [6.07, 6.45) is 5.02. The summed E-state index contributed by atoms with van der Waals surface area (Å²) in [6, 6.07) is 6.01. The van der Waals surface area contributed by atoms with Gasteiger partial charge in [0.05, 0.1) is 0 Å². The van der Waals surface area contributed by atoms with Crippen LogP contribution >= 0.6 is 0 Å². The number of amides is 1. The Bertz CT molecular complexity index is 608. The molecule has 94 valence electrons. The van der Waals surface area contributed by atoms with E-state index in [1.54, 1.807) is 0 Å². The van der Waals surface area contributed by atoms with Crippen molar-refractivity contribution >= 4 is 16.9 Å². The topological polar surface area (TPSA) is 56.2 Å². The third kappa shape index (κ3) is 1.90. The highest BCUT2D eigenvalue weighted by Gasteiger charge is 2.22. The molecule has 3 nitrogen and oxygen atoms in total. The molecule has 0 spiro atoms. The Morgan fingerprint density at radius 1 is 1.44 bits per heavy atom. The number of rotatable bonds is 4. The molecule has 0 unspecified atom stereocenters. The normalized spacial score (nSPS) is 15.2. The molecular weight excluding hydrogens is 226 g/mol. The first kappa shape index (κ1) is 11.3. The standard InChI is InChI=1S/C15H17NO2/c1-9-13-11(8-7-10-5-6-10)3-2-4-12(13)18-14(9)15(16)17/h2-4,10H,5-8H2,1H3,(H2,16,17). The maximum Gasteiger partial charge on any atom is 0.284 e. The highest BCUT2D eigenvalue weighted by Crippen LogP contribution is 2.35. The lowest BCUT2D eigenvalue weighted by Crippen LogP contribution is -2.10. The molecule has 0 atom stereocenters. The van der Waals surface area contributed by atoms with Crippen LogP contribution in [0.2, 0.25) is 0 Å². The highest BCUT2D eigenvalue weighted by molar-refractivity contribution is 5.99. The first-order valence-electron chi connectivity index (χ1n) is 6.47. The third-order valence-corrected chi connectivity index (χ3v) is 3.78. The average Bonchev–Trinajstić information content (AvgIpc) is 3.10. The van der Waals surface area contributed by atoms with E-state index < -0.39 is 5.91 Å². The summed E-state index contributed by atoms with van der Waals surface area (Å²) in [5, 5.41) is 1.08. The summed E-state index contributed by atoms with van der Waals surface area (Å²) in [5.41, 5.74) is 8.25. The second-order valence-corrected chi connectivity index (χ2v) is 5.19. The monoisotopic (exact) mass is 243 g/mol. The molecule has 1 aromatic heterocycles. The molecule has 3 rings (SSSR count). The zero-order valence-corrected chi connectivity index (χ0v) is 10.5. The molecule has 0 bridgehead atoms. The van der Waals surface area contributed by atoms with E-state index in [9.17, 15) is 4.79 Å². The van der Waals surface area contributed by atoms with Gasteiger partial charge in [0.2, 0.25) is 0 Å². The van der Waals surface area contributed by atoms with Gasteiger partial charge in [-0.25, -0.2) is 0 Å². The van der Waals surface area contributed by atoms with Crippen molar-refractivity contribution in [2.75, 3.05) is 0 Å². The number of fused-ring (bicyclic) bond motifs is 1. The summed E-state index contributed by atoms with van der Waals surface area (Å²) in [5.74, 6) is 0.712. The summed E-state index contributed by atoms with van der Waals surface area (Å²) < 4.78 is 5.55. The minimum Gasteiger partial charge on any atom is -0.451 e. The smallest absolute Gasteiger partial charge is 0.284 e. The molecule has 18 heavy (non-hydrogen) atoms. The Morgan fingerprint density at radius 2 is 2.22 bits per heavy atom. The maximum absolute atomic E-state index is 11.3. The molecule has 1 aromatic carbocycles. The van der Waals surface area contributed by atoms with E-state index in [-0.39, 0.29) is 0 Å². The number of aryl methyl sites for hydroxylation is 2. The van der Waals surface area contributed by atoms with Gasteiger partial charge < -0.3 is 10.2 Å². The molecule has 1 amide bonds. The predicted octanol–water partition coefficient (Wildman–Crippen LogP) is 3.18. The summed E-state index contributed by atoms with van der Waals surface area (Å²) >= 11 is 0. The van der Waals surface area contributed by atoms with Gasteiger partial charge in [-0.05, 0) is 37.3 Å². The van der Waals surface area contributed by atoms with Crippen molar-refractivity contribution in [3.8, 4) is 0 Å². The fraction of sp³-hybridized carbons (Fsp3) is 0.400. The quantitative estimate of drug-likeness (QED) is 0.896. The van der Waals surface area contributed by atoms with E-state index >= 15 is 0 Å². The van der Waals surface area contributed by atoms with Crippen molar-refractivity contribution in [3.63, 3.8) is 0 Å². The van der Waals surface area contributed by atoms with Crippen LogP contribution in [0.5, 0.6) is 0 Å². The van der Waals surface area contributed by atoms with Crippen molar-refractivity contribution in [2.24, 2.45) is 11.7 Å². The number of carbonyl (C=O) groups is 1. The van der Waals surface area contributed by atoms with Crippen LogP contribution in [0.3, 0.4) is 0 Å². The van der Waals surface area contributed by atoms with Crippen LogP contribution in [0.25, 0.3) is 11.0 Å². The Morgan fingerprint density at radius 3 is 2.89 bits per heavy atom. The molecule has 0 aliphatic heterocycles. The van der Waals surface area contributed by atoms with Gasteiger partial charge in [-0.15, -0.1) is 0 Å². The van der Waals surface area contributed by atoms with Gasteiger partial charge in [-0.2, -0.15) is 0 Å². The van der Waals surface area contributed by atoms with Gasteiger partial charge in [0.1, 0.15) is 5.58 Å². The van der Waals surface area contributed by atoms with Crippen molar-refractivity contribution in [1.82, 2.24) is 0 Å². The third-order valence-electron chi connectivity index (χ3n) is 3.78. The molecule has 1 aliphatic rings. The number of furan rings is 1. The summed E-state index contributed by atoms with van der Waals surface area (Å²) in [4.78, 5) is 11.3. The van der Waals surface area contributed by atoms with Crippen molar-refractivity contribution < 1.29 is 9.21 Å². The highest BCUT2D eigenvalue weighted by atomic mass is 16.3. The number of nitrogens with two attached hydrogens (primary N) is 1. The zero-order valence-electron chi connectivity index (χ0n) is 10.5. The molecule has 3 heteroatoms. The maximum atomic E-state index is 11.3. The number of benzene rings is 1. The molecule has 2 aromatic rings. The molecule has 1 aliphatic carbocycles. The number of hydrogen-bond acceptors (Lipinski definition) is 2. The minimum atomic E-state index is -0.489. The van der Waals surface area contributed by atoms with Crippen LogP contribution in [-0.4, -0.2) is 5.91 Å². The van der Waals surface area contributed by atoms with Gasteiger partial charge in [-0.3, -0.25) is 4.79 Å². The van der Waals surface area contributed by atoms with Gasteiger partial charge in [0.25, 0.3) is 5.91 Å². The molecule has 2 N–H and O–H groups in total. The summed E-state index contributed by atoms with van der Waals surface area (Å²) in [6.45, 7) is 1.91. The fourth-order valence-electron chi connectivity index (χ4n) is 2.60. The van der Waals surface area contributed by atoms with Crippen LogP contribution in [0.1, 0.15) is 40.9 Å². The lowest BCUT2D eigenvalue weighted by atomic mass is 10.0. The molecule has 1 saturated carbocycles. The van der Waals surface area contributed by atoms with Crippen LogP contribution in [-0.2, 0) is 6.42 Å². The molecule has 1 heterocycles. The number of primary amides is 1. The van der Waals surface area contributed by atoms with Gasteiger partial charge in [-0.1, -0.05) is 25.0 Å². The second kappa shape index (κ2) is 4.16. The molecule has 1 fully saturated rings. The SMILES string of the molecule is Cc1c(C(N)=O)oc2cccc(CCC3CC3)c12. The van der Waals surface area contributed by atoms with Gasteiger partial charge in [0.15, 0.2) is 5.76 Å². The lowest BCUT2D eigenvalue weighted by molar-refractivity contribution is 0.0975. The first-order chi connectivity index (χ1) is 8.66. The Hall–Kier alpha value is -1.77. The van der Waals surface area contributed by atoms with Crippen molar-refractivity contribution in [3.05, 3.63) is 35.1 Å². The zero-order chi connectivity index (χ0) is 12.7. The molecule has 0 radical (unpaired) electrons. The van der Waals surface area contributed by atoms with Crippen molar-refractivity contribution in [2.45, 2.75) is 32.6 Å². The van der Waals surface area contributed by atoms with Crippen LogP contribution in [0, 0.1) is 12.8 Å². The first-order valence-corrected chi connectivity index (χ1v) is 6.47. The number of carbonyl (C=O) groups excluding carboxylic acids is 1. The fourth-order valence-corrected chi connectivity index (χ4v) is 2.60. The largest absolute Gasteiger partial charge is 0.451 e. The predicted molar refractivity (Wildman–Crippen MR) is 70.5 cm³/mol. The molecule has 0 saturated heterocycles. The summed E-state index contributed by atoms with van der Waals surface area (Å²) in [7, 11) is 0. The Kier molecular flexibility index (Phi) is 2.62. The van der Waals surface area contributed by atoms with E-state index in [2.05, 4.69) is 6.07 Å². The average molecular weight is 243 g/mol. The van der Waals surface area contributed by atoms with Gasteiger partial charge >= 0.3 is 0 Å². The van der Waals surface area contributed by atoms with Crippen LogP contribution in [0.15, 0.2) is 22.6 Å². The van der Waals surface area contributed by atoms with E-state index in [0.717, 1.165) is 28.9 Å². The Balaban J connectivity index is 2.04. The van der Waals surface area contributed by atoms with E-state index in [1.165, 1.54) is 24.8 Å². The van der Waals surface area contributed by atoms with E-state index in [4.69, 9.17) is 10.2 Å². The van der Waals surface area contributed by atoms with Crippen molar-refractivity contribution in [1.29, 1.82) is 0 Å². The van der Waals surface area contributed by atoms with Crippen LogP contribution < -0.4 is 5.73 Å². The Labute approximate surface area is 106 Å². The minimum absolute atomic E-state index is 0.295. The van der Waals surface area contributed by atoms with Gasteiger partial charge in [0, 0.05) is 10.9 Å². The van der Waals surface area contributed by atoms with Crippen LogP contribution in [0.4, 0.5) is 0 Å². The molecular formula is C15H17NO2. The second-order valence-electron chi connectivity index (χ2n) is 5.19. The lowest BCUT2D eigenvalue weighted by Gasteiger charge is -2.02. The van der Waals surface area contributed by atoms with E-state index in [1.807, 2.05) is 19.1 Å².